The molecule has 1 aromatic heterocycles. The van der Waals surface area contributed by atoms with Gasteiger partial charge in [0.25, 0.3) is 0 Å². The first-order valence-corrected chi connectivity index (χ1v) is 7.77. The summed E-state index contributed by atoms with van der Waals surface area (Å²) in [6, 6.07) is 10.6. The van der Waals surface area contributed by atoms with Crippen LogP contribution in [-0.4, -0.2) is 16.4 Å². The molecule has 0 fully saturated rings. The number of ether oxygens (including phenoxy) is 1. The van der Waals surface area contributed by atoms with Crippen LogP contribution in [0.5, 0.6) is 5.75 Å². The van der Waals surface area contributed by atoms with Gasteiger partial charge in [0.05, 0.1) is 24.9 Å². The van der Waals surface area contributed by atoms with Crippen LogP contribution in [0, 0.1) is 0 Å². The zero-order valence-electron chi connectivity index (χ0n) is 13.2. The van der Waals surface area contributed by atoms with Gasteiger partial charge in [0.2, 0.25) is 0 Å². The molecule has 2 aromatic rings. The van der Waals surface area contributed by atoms with Crippen molar-refractivity contribution >= 4 is 5.69 Å². The monoisotopic (exact) mass is 287 g/mol. The van der Waals surface area contributed by atoms with Gasteiger partial charge in [-0.3, -0.25) is 4.68 Å². The van der Waals surface area contributed by atoms with E-state index in [1.807, 2.05) is 31.2 Å². The van der Waals surface area contributed by atoms with Crippen molar-refractivity contribution in [3.05, 3.63) is 42.2 Å². The van der Waals surface area contributed by atoms with Gasteiger partial charge in [-0.25, -0.2) is 0 Å². The Morgan fingerprint density at radius 3 is 2.43 bits per heavy atom. The first kappa shape index (κ1) is 15.4. The molecule has 0 aliphatic rings. The van der Waals surface area contributed by atoms with Gasteiger partial charge in [0, 0.05) is 11.9 Å². The molecule has 1 aromatic carbocycles. The summed E-state index contributed by atoms with van der Waals surface area (Å²) in [7, 11) is 0. The van der Waals surface area contributed by atoms with Gasteiger partial charge in [-0.15, -0.1) is 0 Å². The lowest BCUT2D eigenvalue weighted by Gasteiger charge is -2.12. The highest BCUT2D eigenvalue weighted by atomic mass is 16.5. The molecule has 0 unspecified atom stereocenters. The Kier molecular flexibility index (Phi) is 5.67. The standard InChI is InChI=1S/C17H25N3O/c1-4-16(5-2)20-12-11-15(19-20)13-18-14-7-9-17(10-8-14)21-6-3/h7-12,16,18H,4-6,13H2,1-3H3. The van der Waals surface area contributed by atoms with Crippen LogP contribution in [0.25, 0.3) is 0 Å². The Bertz CT molecular complexity index is 529. The Labute approximate surface area is 127 Å². The molecule has 0 bridgehead atoms. The van der Waals surface area contributed by atoms with Crippen LogP contribution >= 0.6 is 0 Å². The summed E-state index contributed by atoms with van der Waals surface area (Å²) in [5.41, 5.74) is 2.14. The van der Waals surface area contributed by atoms with Crippen LogP contribution in [0.1, 0.15) is 45.3 Å². The molecule has 4 nitrogen and oxygen atoms in total. The summed E-state index contributed by atoms with van der Waals surface area (Å²) in [4.78, 5) is 0. The van der Waals surface area contributed by atoms with Gasteiger partial charge in [0.1, 0.15) is 5.75 Å². The number of hydrogen-bond acceptors (Lipinski definition) is 3. The summed E-state index contributed by atoms with van der Waals surface area (Å²) in [5, 5.41) is 8.03. The molecule has 0 radical (unpaired) electrons. The predicted octanol–water partition coefficient (Wildman–Crippen LogP) is 4.26. The largest absolute Gasteiger partial charge is 0.494 e. The Morgan fingerprint density at radius 2 is 1.81 bits per heavy atom. The van der Waals surface area contributed by atoms with E-state index in [0.29, 0.717) is 12.6 Å². The molecule has 0 saturated heterocycles. The fourth-order valence-electron chi connectivity index (χ4n) is 2.37. The van der Waals surface area contributed by atoms with E-state index in [1.54, 1.807) is 0 Å². The van der Waals surface area contributed by atoms with Crippen molar-refractivity contribution in [1.29, 1.82) is 0 Å². The number of nitrogens with one attached hydrogen (secondary N) is 1. The number of nitrogens with zero attached hydrogens (tertiary/aromatic N) is 2. The van der Waals surface area contributed by atoms with Gasteiger partial charge in [-0.1, -0.05) is 13.8 Å². The number of hydrogen-bond donors (Lipinski definition) is 1. The second-order valence-electron chi connectivity index (χ2n) is 5.07. The van der Waals surface area contributed by atoms with Crippen LogP contribution in [0.2, 0.25) is 0 Å². The van der Waals surface area contributed by atoms with Crippen LogP contribution in [0.3, 0.4) is 0 Å². The Morgan fingerprint density at radius 1 is 1.10 bits per heavy atom. The van der Waals surface area contributed by atoms with E-state index >= 15 is 0 Å². The van der Waals surface area contributed by atoms with Gasteiger partial charge in [0.15, 0.2) is 0 Å². The lowest BCUT2D eigenvalue weighted by atomic mass is 10.2. The first-order valence-electron chi connectivity index (χ1n) is 7.77. The minimum atomic E-state index is 0.504. The zero-order valence-corrected chi connectivity index (χ0v) is 13.2. The van der Waals surface area contributed by atoms with E-state index in [1.165, 1.54) is 0 Å². The first-order chi connectivity index (χ1) is 10.3. The second-order valence-corrected chi connectivity index (χ2v) is 5.07. The molecule has 0 atom stereocenters. The average molecular weight is 287 g/mol. The molecule has 0 amide bonds. The van der Waals surface area contributed by atoms with E-state index in [-0.39, 0.29) is 0 Å². The van der Waals surface area contributed by atoms with Gasteiger partial charge in [-0.05, 0) is 50.1 Å². The molecule has 21 heavy (non-hydrogen) atoms. The summed E-state index contributed by atoms with van der Waals surface area (Å²) in [6.45, 7) is 7.82. The van der Waals surface area contributed by atoms with Crippen LogP contribution in [0.15, 0.2) is 36.5 Å². The Hall–Kier alpha value is -1.97. The molecule has 0 saturated carbocycles. The van der Waals surface area contributed by atoms with E-state index in [4.69, 9.17) is 4.74 Å². The third kappa shape index (κ3) is 4.25. The molecule has 2 rings (SSSR count). The highest BCUT2D eigenvalue weighted by Gasteiger charge is 2.07. The van der Waals surface area contributed by atoms with E-state index in [0.717, 1.165) is 36.5 Å². The minimum Gasteiger partial charge on any atom is -0.494 e. The summed E-state index contributed by atoms with van der Waals surface area (Å²) < 4.78 is 7.51. The molecule has 1 N–H and O–H groups in total. The summed E-state index contributed by atoms with van der Waals surface area (Å²) in [6.07, 6.45) is 4.31. The maximum absolute atomic E-state index is 5.43. The quantitative estimate of drug-likeness (QED) is 0.788. The zero-order chi connectivity index (χ0) is 15.1. The maximum atomic E-state index is 5.43. The summed E-state index contributed by atoms with van der Waals surface area (Å²) >= 11 is 0. The van der Waals surface area contributed by atoms with Gasteiger partial charge in [-0.2, -0.15) is 5.10 Å². The highest BCUT2D eigenvalue weighted by Crippen LogP contribution is 2.17. The number of rotatable bonds is 8. The molecule has 114 valence electrons. The highest BCUT2D eigenvalue weighted by molar-refractivity contribution is 5.46. The third-order valence-electron chi connectivity index (χ3n) is 3.62. The van der Waals surface area contributed by atoms with Gasteiger partial charge < -0.3 is 10.1 Å². The second kappa shape index (κ2) is 7.72. The van der Waals surface area contributed by atoms with Crippen LogP contribution < -0.4 is 10.1 Å². The van der Waals surface area contributed by atoms with Crippen molar-refractivity contribution in [3.8, 4) is 5.75 Å². The third-order valence-corrected chi connectivity index (χ3v) is 3.62. The fraction of sp³-hybridized carbons (Fsp3) is 0.471. The molecule has 0 aliphatic heterocycles. The van der Waals surface area contributed by atoms with Crippen molar-refractivity contribution in [3.63, 3.8) is 0 Å². The van der Waals surface area contributed by atoms with Crippen molar-refractivity contribution in [2.24, 2.45) is 0 Å². The molecule has 4 heteroatoms. The van der Waals surface area contributed by atoms with Crippen molar-refractivity contribution in [1.82, 2.24) is 9.78 Å². The van der Waals surface area contributed by atoms with Crippen LogP contribution in [0.4, 0.5) is 5.69 Å². The number of aromatic nitrogens is 2. The molecule has 1 heterocycles. The van der Waals surface area contributed by atoms with Gasteiger partial charge >= 0.3 is 0 Å². The van der Waals surface area contributed by atoms with Crippen molar-refractivity contribution < 1.29 is 4.74 Å². The van der Waals surface area contributed by atoms with E-state index < -0.39 is 0 Å². The normalized spacial score (nSPS) is 10.9. The lowest BCUT2D eigenvalue weighted by Crippen LogP contribution is -2.09. The van der Waals surface area contributed by atoms with Crippen molar-refractivity contribution in [2.75, 3.05) is 11.9 Å². The van der Waals surface area contributed by atoms with Crippen LogP contribution in [-0.2, 0) is 6.54 Å². The maximum Gasteiger partial charge on any atom is 0.119 e. The number of anilines is 1. The lowest BCUT2D eigenvalue weighted by molar-refractivity contribution is 0.340. The minimum absolute atomic E-state index is 0.504. The Balaban J connectivity index is 1.90. The van der Waals surface area contributed by atoms with Crippen molar-refractivity contribution in [2.45, 2.75) is 46.2 Å². The SMILES string of the molecule is CCOc1ccc(NCc2ccn(C(CC)CC)n2)cc1. The fourth-order valence-corrected chi connectivity index (χ4v) is 2.37. The molecular weight excluding hydrogens is 262 g/mol. The number of benzene rings is 1. The topological polar surface area (TPSA) is 39.1 Å². The van der Waals surface area contributed by atoms with E-state index in [2.05, 4.69) is 41.2 Å². The predicted molar refractivity (Wildman–Crippen MR) is 86.8 cm³/mol. The summed E-state index contributed by atoms with van der Waals surface area (Å²) in [5.74, 6) is 0.904. The molecule has 0 spiro atoms. The molecule has 0 aliphatic carbocycles. The van der Waals surface area contributed by atoms with E-state index in [9.17, 15) is 0 Å². The molecular formula is C17H25N3O. The average Bonchev–Trinajstić information content (AvgIpc) is 2.97. The smallest absolute Gasteiger partial charge is 0.119 e.